The van der Waals surface area contributed by atoms with Gasteiger partial charge in [-0.15, -0.1) is 0 Å². The van der Waals surface area contributed by atoms with Crippen LogP contribution in [0.5, 0.6) is 5.75 Å². The monoisotopic (exact) mass is 397 g/mol. The minimum Gasteiger partial charge on any atom is -0.489 e. The molecule has 1 atom stereocenters. The van der Waals surface area contributed by atoms with Crippen molar-refractivity contribution < 1.29 is 23.9 Å². The van der Waals surface area contributed by atoms with E-state index < -0.39 is 23.2 Å². The van der Waals surface area contributed by atoms with Gasteiger partial charge in [-0.05, 0) is 48.0 Å². The largest absolute Gasteiger partial charge is 0.489 e. The van der Waals surface area contributed by atoms with Crippen LogP contribution in [0.15, 0.2) is 59.5 Å². The normalized spacial score (nSPS) is 16.4. The van der Waals surface area contributed by atoms with E-state index in [-0.39, 0.29) is 4.91 Å². The molecule has 1 heterocycles. The molecule has 0 radical (unpaired) electrons. The zero-order chi connectivity index (χ0) is 20.1. The Morgan fingerprint density at radius 3 is 2.43 bits per heavy atom. The highest BCUT2D eigenvalue weighted by Gasteiger charge is 2.41. The molecule has 3 rings (SSSR count). The van der Waals surface area contributed by atoms with Gasteiger partial charge in [0.05, 0.1) is 12.0 Å². The summed E-state index contributed by atoms with van der Waals surface area (Å²) in [6.45, 7) is 1.93. The molecule has 0 aromatic heterocycles. The third-order valence-electron chi connectivity index (χ3n) is 4.18. The second-order valence-corrected chi connectivity index (χ2v) is 7.09. The number of carbonyl (C=O) groups is 3. The predicted octanol–water partition coefficient (Wildman–Crippen LogP) is 3.86. The molecule has 1 fully saturated rings. The number of benzene rings is 2. The number of ether oxygens (including phenoxy) is 2. The second-order valence-electron chi connectivity index (χ2n) is 6.09. The van der Waals surface area contributed by atoms with E-state index in [0.29, 0.717) is 12.4 Å². The fraction of sp³-hybridized carbons (Fsp3) is 0.190. The highest BCUT2D eigenvalue weighted by atomic mass is 32.2. The van der Waals surface area contributed by atoms with E-state index in [1.54, 1.807) is 30.3 Å². The Balaban J connectivity index is 1.67. The Morgan fingerprint density at radius 2 is 1.79 bits per heavy atom. The van der Waals surface area contributed by atoms with Crippen LogP contribution in [0.25, 0.3) is 6.08 Å². The van der Waals surface area contributed by atoms with Crippen molar-refractivity contribution in [2.24, 2.45) is 0 Å². The molecule has 0 saturated carbocycles. The van der Waals surface area contributed by atoms with E-state index in [0.717, 1.165) is 27.8 Å². The van der Waals surface area contributed by atoms with Gasteiger partial charge in [-0.25, -0.2) is 4.79 Å². The van der Waals surface area contributed by atoms with Gasteiger partial charge < -0.3 is 9.47 Å². The lowest BCUT2D eigenvalue weighted by Crippen LogP contribution is -2.42. The summed E-state index contributed by atoms with van der Waals surface area (Å²) in [6.07, 6.45) is 1.62. The molecule has 0 spiro atoms. The first kappa shape index (κ1) is 19.7. The second kappa shape index (κ2) is 8.75. The number of amides is 2. The van der Waals surface area contributed by atoms with Gasteiger partial charge in [0.15, 0.2) is 0 Å². The number of methoxy groups -OCH3 is 1. The van der Waals surface area contributed by atoms with Crippen LogP contribution in [-0.4, -0.2) is 35.2 Å². The summed E-state index contributed by atoms with van der Waals surface area (Å²) < 4.78 is 10.4. The van der Waals surface area contributed by atoms with Crippen molar-refractivity contribution in [1.29, 1.82) is 0 Å². The van der Waals surface area contributed by atoms with E-state index in [9.17, 15) is 14.4 Å². The lowest BCUT2D eigenvalue weighted by molar-refractivity contribution is -0.148. The first-order valence-corrected chi connectivity index (χ1v) is 9.43. The maximum atomic E-state index is 12.5. The summed E-state index contributed by atoms with van der Waals surface area (Å²) in [4.78, 5) is 37.4. The number of hydrogen-bond acceptors (Lipinski definition) is 6. The van der Waals surface area contributed by atoms with Gasteiger partial charge >= 0.3 is 5.97 Å². The Hall–Kier alpha value is -3.06. The Bertz CT molecular complexity index is 908. The van der Waals surface area contributed by atoms with Crippen LogP contribution in [0.3, 0.4) is 0 Å². The molecule has 1 unspecified atom stereocenters. The standard InChI is InChI=1S/C21H19NO5S/c1-14(20(24)26-2)22-19(23)18(28-21(22)25)12-15-8-10-17(11-9-15)27-13-16-6-4-3-5-7-16/h3-12,14H,13H2,1-2H3/b18-12-. The Morgan fingerprint density at radius 1 is 1.11 bits per heavy atom. The summed E-state index contributed by atoms with van der Waals surface area (Å²) in [7, 11) is 1.22. The number of esters is 1. The summed E-state index contributed by atoms with van der Waals surface area (Å²) >= 11 is 0.804. The molecule has 6 nitrogen and oxygen atoms in total. The number of rotatable bonds is 6. The van der Waals surface area contributed by atoms with E-state index in [1.807, 2.05) is 30.3 Å². The fourth-order valence-electron chi connectivity index (χ4n) is 2.64. The van der Waals surface area contributed by atoms with E-state index in [1.165, 1.54) is 14.0 Å². The molecule has 0 N–H and O–H groups in total. The maximum absolute atomic E-state index is 12.5. The van der Waals surface area contributed by atoms with Crippen LogP contribution >= 0.6 is 11.8 Å². The molecule has 7 heteroatoms. The number of nitrogens with zero attached hydrogens (tertiary/aromatic N) is 1. The van der Waals surface area contributed by atoms with Gasteiger partial charge in [-0.3, -0.25) is 14.5 Å². The third-order valence-corrected chi connectivity index (χ3v) is 5.06. The lowest BCUT2D eigenvalue weighted by Gasteiger charge is -2.18. The highest BCUT2D eigenvalue weighted by molar-refractivity contribution is 8.18. The molecule has 1 aliphatic rings. The molecule has 1 saturated heterocycles. The van der Waals surface area contributed by atoms with Gasteiger partial charge in [-0.2, -0.15) is 0 Å². The third kappa shape index (κ3) is 4.43. The molecule has 2 amide bonds. The summed E-state index contributed by atoms with van der Waals surface area (Å²) in [5.41, 5.74) is 1.82. The van der Waals surface area contributed by atoms with Crippen molar-refractivity contribution in [3.63, 3.8) is 0 Å². The van der Waals surface area contributed by atoms with Gasteiger partial charge in [0.2, 0.25) is 0 Å². The highest BCUT2D eigenvalue weighted by Crippen LogP contribution is 2.34. The Kier molecular flexibility index (Phi) is 6.16. The van der Waals surface area contributed by atoms with Crippen LogP contribution in [0, 0.1) is 0 Å². The van der Waals surface area contributed by atoms with Crippen molar-refractivity contribution in [3.8, 4) is 5.75 Å². The Labute approximate surface area is 167 Å². The number of carbonyl (C=O) groups excluding carboxylic acids is 3. The molecule has 0 aliphatic carbocycles. The average molecular weight is 397 g/mol. The van der Waals surface area contributed by atoms with Gasteiger partial charge in [-0.1, -0.05) is 42.5 Å². The summed E-state index contributed by atoms with van der Waals surface area (Å²) in [5, 5.41) is -0.489. The number of thioether (sulfide) groups is 1. The van der Waals surface area contributed by atoms with Crippen molar-refractivity contribution in [3.05, 3.63) is 70.6 Å². The van der Waals surface area contributed by atoms with Crippen molar-refractivity contribution >= 4 is 35.0 Å². The van der Waals surface area contributed by atoms with E-state index >= 15 is 0 Å². The van der Waals surface area contributed by atoms with Gasteiger partial charge in [0.25, 0.3) is 11.1 Å². The minimum atomic E-state index is -0.961. The first-order valence-electron chi connectivity index (χ1n) is 8.61. The smallest absolute Gasteiger partial charge is 0.328 e. The van der Waals surface area contributed by atoms with Gasteiger partial charge in [0, 0.05) is 0 Å². The summed E-state index contributed by atoms with van der Waals surface area (Å²) in [6, 6.07) is 16.1. The minimum absolute atomic E-state index is 0.263. The molecule has 144 valence electrons. The zero-order valence-electron chi connectivity index (χ0n) is 15.5. The van der Waals surface area contributed by atoms with Crippen LogP contribution < -0.4 is 4.74 Å². The van der Waals surface area contributed by atoms with E-state index in [4.69, 9.17) is 4.74 Å². The molecule has 1 aliphatic heterocycles. The molecular weight excluding hydrogens is 378 g/mol. The van der Waals surface area contributed by atoms with Gasteiger partial charge in [0.1, 0.15) is 18.4 Å². The lowest BCUT2D eigenvalue weighted by atomic mass is 10.2. The average Bonchev–Trinajstić information content (AvgIpc) is 3.00. The maximum Gasteiger partial charge on any atom is 0.328 e. The van der Waals surface area contributed by atoms with Crippen molar-refractivity contribution in [2.75, 3.05) is 7.11 Å². The number of imide groups is 1. The van der Waals surface area contributed by atoms with Crippen molar-refractivity contribution in [1.82, 2.24) is 4.90 Å². The molecule has 28 heavy (non-hydrogen) atoms. The molecule has 2 aromatic carbocycles. The SMILES string of the molecule is COC(=O)C(C)N1C(=O)S/C(=C\c2ccc(OCc3ccccc3)cc2)C1=O. The number of hydrogen-bond donors (Lipinski definition) is 0. The zero-order valence-corrected chi connectivity index (χ0v) is 16.3. The predicted molar refractivity (Wildman–Crippen MR) is 107 cm³/mol. The summed E-state index contributed by atoms with van der Waals surface area (Å²) in [5.74, 6) is -0.436. The van der Waals surface area contributed by atoms with Crippen LogP contribution in [0.1, 0.15) is 18.1 Å². The van der Waals surface area contributed by atoms with Crippen LogP contribution in [-0.2, 0) is 20.9 Å². The fourth-order valence-corrected chi connectivity index (χ4v) is 3.55. The molecular formula is C21H19NO5S. The van der Waals surface area contributed by atoms with E-state index in [2.05, 4.69) is 4.74 Å². The molecule has 2 aromatic rings. The van der Waals surface area contributed by atoms with Crippen molar-refractivity contribution in [2.45, 2.75) is 19.6 Å². The topological polar surface area (TPSA) is 72.9 Å². The first-order chi connectivity index (χ1) is 13.5. The van der Waals surface area contributed by atoms with Crippen LogP contribution in [0.2, 0.25) is 0 Å². The van der Waals surface area contributed by atoms with Crippen LogP contribution in [0.4, 0.5) is 4.79 Å². The quantitative estimate of drug-likeness (QED) is 0.544. The molecule has 0 bridgehead atoms.